The van der Waals surface area contributed by atoms with Gasteiger partial charge in [-0.25, -0.2) is 0 Å². The standard InChI is InChI=1S/C11H14BBrO2/c1-3-7-5-8(13)6-10-11(7)9(4-2)12(14)15-10/h5-6,9,14H,3-4H2,1-2H3. The molecular formula is C11H14BBrO2. The maximum absolute atomic E-state index is 9.78. The molecule has 0 amide bonds. The predicted molar refractivity (Wildman–Crippen MR) is 65.2 cm³/mol. The highest BCUT2D eigenvalue weighted by Gasteiger charge is 2.39. The largest absolute Gasteiger partial charge is 0.535 e. The Kier molecular flexibility index (Phi) is 3.07. The highest BCUT2D eigenvalue weighted by molar-refractivity contribution is 9.10. The zero-order chi connectivity index (χ0) is 11.0. The Hall–Kier alpha value is -0.475. The van der Waals surface area contributed by atoms with Gasteiger partial charge in [0.25, 0.3) is 0 Å². The molecule has 4 heteroatoms. The summed E-state index contributed by atoms with van der Waals surface area (Å²) in [5.41, 5.74) is 2.46. The summed E-state index contributed by atoms with van der Waals surface area (Å²) < 4.78 is 6.47. The predicted octanol–water partition coefficient (Wildman–Crippen LogP) is 2.92. The van der Waals surface area contributed by atoms with Crippen molar-refractivity contribution in [1.29, 1.82) is 0 Å². The molecule has 0 aliphatic carbocycles. The Bertz CT molecular complexity index is 381. The fourth-order valence-electron chi connectivity index (χ4n) is 2.22. The van der Waals surface area contributed by atoms with Crippen LogP contribution in [-0.4, -0.2) is 12.1 Å². The van der Waals surface area contributed by atoms with Crippen LogP contribution in [0, 0.1) is 0 Å². The van der Waals surface area contributed by atoms with E-state index in [-0.39, 0.29) is 5.82 Å². The first-order chi connectivity index (χ1) is 7.17. The van der Waals surface area contributed by atoms with Crippen LogP contribution in [0.1, 0.15) is 37.2 Å². The van der Waals surface area contributed by atoms with Gasteiger partial charge in [-0.15, -0.1) is 0 Å². The Balaban J connectivity index is 2.53. The fourth-order valence-corrected chi connectivity index (χ4v) is 2.70. The van der Waals surface area contributed by atoms with E-state index < -0.39 is 7.12 Å². The van der Waals surface area contributed by atoms with Crippen LogP contribution >= 0.6 is 15.9 Å². The van der Waals surface area contributed by atoms with Crippen molar-refractivity contribution in [2.75, 3.05) is 0 Å². The molecule has 1 aliphatic rings. The van der Waals surface area contributed by atoms with Gasteiger partial charge in [0, 0.05) is 10.3 Å². The zero-order valence-electron chi connectivity index (χ0n) is 8.96. The van der Waals surface area contributed by atoms with Gasteiger partial charge in [-0.05, 0) is 36.1 Å². The number of aryl methyl sites for hydroxylation is 1. The number of hydrogen-bond donors (Lipinski definition) is 1. The summed E-state index contributed by atoms with van der Waals surface area (Å²) in [4.78, 5) is 0. The lowest BCUT2D eigenvalue weighted by Gasteiger charge is -2.10. The summed E-state index contributed by atoms with van der Waals surface area (Å²) in [7, 11) is -0.676. The highest BCUT2D eigenvalue weighted by Crippen LogP contribution is 2.41. The lowest BCUT2D eigenvalue weighted by molar-refractivity contribution is 0.419. The van der Waals surface area contributed by atoms with Crippen molar-refractivity contribution in [3.8, 4) is 5.75 Å². The van der Waals surface area contributed by atoms with E-state index in [2.05, 4.69) is 35.8 Å². The van der Waals surface area contributed by atoms with Crippen LogP contribution < -0.4 is 4.65 Å². The van der Waals surface area contributed by atoms with Crippen molar-refractivity contribution in [2.45, 2.75) is 32.5 Å². The third-order valence-corrected chi connectivity index (χ3v) is 3.43. The van der Waals surface area contributed by atoms with Gasteiger partial charge < -0.3 is 9.68 Å². The molecule has 0 saturated heterocycles. The number of benzene rings is 1. The van der Waals surface area contributed by atoms with Crippen LogP contribution in [0.2, 0.25) is 0 Å². The third kappa shape index (κ3) is 1.81. The fraction of sp³-hybridized carbons (Fsp3) is 0.455. The molecule has 0 fully saturated rings. The normalized spacial score (nSPS) is 18.9. The van der Waals surface area contributed by atoms with E-state index in [0.717, 1.165) is 23.1 Å². The molecule has 15 heavy (non-hydrogen) atoms. The maximum atomic E-state index is 9.78. The minimum Gasteiger partial charge on any atom is -0.535 e. The Labute approximate surface area is 98.9 Å². The van der Waals surface area contributed by atoms with Gasteiger partial charge in [0.2, 0.25) is 0 Å². The van der Waals surface area contributed by atoms with E-state index >= 15 is 0 Å². The lowest BCUT2D eigenvalue weighted by atomic mass is 9.68. The topological polar surface area (TPSA) is 29.5 Å². The molecule has 0 bridgehead atoms. The molecule has 0 saturated carbocycles. The van der Waals surface area contributed by atoms with E-state index in [0.29, 0.717) is 0 Å². The average Bonchev–Trinajstić information content (AvgIpc) is 2.52. The van der Waals surface area contributed by atoms with Gasteiger partial charge in [0.1, 0.15) is 5.75 Å². The van der Waals surface area contributed by atoms with Crippen LogP contribution in [0.15, 0.2) is 16.6 Å². The summed E-state index contributed by atoms with van der Waals surface area (Å²) in [5.74, 6) is 0.962. The Morgan fingerprint density at radius 2 is 2.20 bits per heavy atom. The first-order valence-electron chi connectivity index (χ1n) is 5.34. The third-order valence-electron chi connectivity index (χ3n) is 2.98. The molecule has 1 aromatic rings. The van der Waals surface area contributed by atoms with Crippen molar-refractivity contribution >= 4 is 23.0 Å². The van der Waals surface area contributed by atoms with Crippen LogP contribution in [0.3, 0.4) is 0 Å². The summed E-state index contributed by atoms with van der Waals surface area (Å²) in [6.07, 6.45) is 1.87. The molecule has 1 aliphatic heterocycles. The smallest absolute Gasteiger partial charge is 0.530 e. The Morgan fingerprint density at radius 3 is 2.80 bits per heavy atom. The first-order valence-corrected chi connectivity index (χ1v) is 6.13. The molecular weight excluding hydrogens is 255 g/mol. The molecule has 0 radical (unpaired) electrons. The first kappa shape index (κ1) is 11.0. The van der Waals surface area contributed by atoms with Crippen LogP contribution in [0.25, 0.3) is 0 Å². The second-order valence-electron chi connectivity index (χ2n) is 3.85. The molecule has 1 aromatic carbocycles. The molecule has 1 N–H and O–H groups in total. The van der Waals surface area contributed by atoms with E-state index in [9.17, 15) is 5.02 Å². The molecule has 2 rings (SSSR count). The van der Waals surface area contributed by atoms with Crippen molar-refractivity contribution in [1.82, 2.24) is 0 Å². The Morgan fingerprint density at radius 1 is 1.47 bits per heavy atom. The van der Waals surface area contributed by atoms with E-state index in [1.54, 1.807) is 0 Å². The summed E-state index contributed by atoms with van der Waals surface area (Å²) >= 11 is 3.46. The highest BCUT2D eigenvalue weighted by atomic mass is 79.9. The second kappa shape index (κ2) is 4.18. The average molecular weight is 269 g/mol. The summed E-state index contributed by atoms with van der Waals surface area (Å²) in [6, 6.07) is 4.05. The minimum absolute atomic E-state index is 0.128. The van der Waals surface area contributed by atoms with Crippen molar-refractivity contribution < 1.29 is 9.68 Å². The van der Waals surface area contributed by atoms with E-state index in [1.807, 2.05) is 6.07 Å². The van der Waals surface area contributed by atoms with Gasteiger partial charge >= 0.3 is 7.12 Å². The molecule has 0 spiro atoms. The van der Waals surface area contributed by atoms with Crippen LogP contribution in [0.4, 0.5) is 0 Å². The summed E-state index contributed by atoms with van der Waals surface area (Å²) in [6.45, 7) is 4.20. The number of halogens is 1. The molecule has 80 valence electrons. The lowest BCUT2D eigenvalue weighted by Crippen LogP contribution is -2.23. The van der Waals surface area contributed by atoms with Gasteiger partial charge in [-0.1, -0.05) is 29.8 Å². The van der Waals surface area contributed by atoms with Gasteiger partial charge in [-0.2, -0.15) is 0 Å². The maximum Gasteiger partial charge on any atom is 0.530 e. The molecule has 1 atom stereocenters. The quantitative estimate of drug-likeness (QED) is 0.836. The van der Waals surface area contributed by atoms with Crippen molar-refractivity contribution in [3.05, 3.63) is 27.7 Å². The van der Waals surface area contributed by atoms with Gasteiger partial charge in [-0.3, -0.25) is 0 Å². The van der Waals surface area contributed by atoms with Crippen molar-refractivity contribution in [3.63, 3.8) is 0 Å². The number of fused-ring (bicyclic) bond motifs is 1. The van der Waals surface area contributed by atoms with E-state index in [4.69, 9.17) is 4.65 Å². The summed E-state index contributed by atoms with van der Waals surface area (Å²) in [5, 5.41) is 9.78. The molecule has 0 aromatic heterocycles. The van der Waals surface area contributed by atoms with Crippen molar-refractivity contribution in [2.24, 2.45) is 0 Å². The monoisotopic (exact) mass is 268 g/mol. The SMILES string of the molecule is CCc1cc(Br)cc2c1C(CC)B(O)O2. The molecule has 2 nitrogen and oxygen atoms in total. The molecule has 1 heterocycles. The zero-order valence-corrected chi connectivity index (χ0v) is 10.5. The van der Waals surface area contributed by atoms with E-state index in [1.165, 1.54) is 11.1 Å². The van der Waals surface area contributed by atoms with Gasteiger partial charge in [0.05, 0.1) is 0 Å². The van der Waals surface area contributed by atoms with Crippen LogP contribution in [-0.2, 0) is 6.42 Å². The van der Waals surface area contributed by atoms with Gasteiger partial charge in [0.15, 0.2) is 0 Å². The molecule has 1 unspecified atom stereocenters. The van der Waals surface area contributed by atoms with Crippen LogP contribution in [0.5, 0.6) is 5.75 Å². The second-order valence-corrected chi connectivity index (χ2v) is 4.77. The minimum atomic E-state index is -0.676. The number of rotatable bonds is 2. The number of hydrogen-bond acceptors (Lipinski definition) is 2.